The van der Waals surface area contributed by atoms with Crippen molar-refractivity contribution in [1.29, 1.82) is 0 Å². The first kappa shape index (κ1) is 19.1. The van der Waals surface area contributed by atoms with E-state index < -0.39 is 15.7 Å². The minimum atomic E-state index is -3.40. The molecule has 0 saturated carbocycles. The molecule has 0 unspecified atom stereocenters. The van der Waals surface area contributed by atoms with Gasteiger partial charge in [0.05, 0.1) is 17.2 Å². The average Bonchev–Trinajstić information content (AvgIpc) is 2.94. The van der Waals surface area contributed by atoms with Gasteiger partial charge in [0, 0.05) is 17.5 Å². The summed E-state index contributed by atoms with van der Waals surface area (Å²) < 4.78 is 23.2. The maximum atomic E-state index is 12.3. The van der Waals surface area contributed by atoms with Gasteiger partial charge in [0.2, 0.25) is 5.91 Å². The number of benzene rings is 2. The third-order valence-electron chi connectivity index (χ3n) is 3.92. The van der Waals surface area contributed by atoms with E-state index >= 15 is 0 Å². The Kier molecular flexibility index (Phi) is 5.33. The maximum absolute atomic E-state index is 12.3. The fourth-order valence-electron chi connectivity index (χ4n) is 2.48. The third kappa shape index (κ3) is 4.55. The molecule has 0 spiro atoms. The van der Waals surface area contributed by atoms with Crippen LogP contribution in [0.5, 0.6) is 0 Å². The predicted octanol–water partition coefficient (Wildman–Crippen LogP) is 2.54. The van der Waals surface area contributed by atoms with Crippen molar-refractivity contribution < 1.29 is 22.8 Å². The molecule has 0 atom stereocenters. The van der Waals surface area contributed by atoms with E-state index in [-0.39, 0.29) is 33.9 Å². The Hall–Kier alpha value is -2.65. The van der Waals surface area contributed by atoms with Gasteiger partial charge in [-0.1, -0.05) is 30.0 Å². The van der Waals surface area contributed by atoms with Crippen molar-refractivity contribution in [2.24, 2.45) is 0 Å². The molecule has 1 heterocycles. The first-order chi connectivity index (χ1) is 12.7. The maximum Gasteiger partial charge on any atom is 0.289 e. The molecule has 1 N–H and O–H groups in total. The Morgan fingerprint density at radius 1 is 1.15 bits per heavy atom. The molecule has 9 heteroatoms. The van der Waals surface area contributed by atoms with E-state index in [0.717, 1.165) is 23.6 Å². The van der Waals surface area contributed by atoms with Gasteiger partial charge in [-0.3, -0.25) is 19.3 Å². The molecule has 0 aliphatic carbocycles. The summed E-state index contributed by atoms with van der Waals surface area (Å²) in [5, 5.41) is 2.43. The van der Waals surface area contributed by atoms with Gasteiger partial charge in [-0.2, -0.15) is 0 Å². The standard InChI is InChI=1S/C18H16N2O5S2/c1-27(24,25)15-4-2-3-13(9-15)17(22)19-14-7-5-12(6-8-14)10-20-16(21)11-26-18(20)23/h2-9H,10-11H2,1H3,(H,19,22). The van der Waals surface area contributed by atoms with Crippen LogP contribution in [-0.4, -0.2) is 42.4 Å². The lowest BCUT2D eigenvalue weighted by molar-refractivity contribution is -0.125. The number of hydrogen-bond acceptors (Lipinski definition) is 6. The molecule has 0 bridgehead atoms. The van der Waals surface area contributed by atoms with Gasteiger partial charge in [0.15, 0.2) is 9.84 Å². The van der Waals surface area contributed by atoms with Crippen LogP contribution in [0.1, 0.15) is 15.9 Å². The summed E-state index contributed by atoms with van der Waals surface area (Å²) in [7, 11) is -3.40. The van der Waals surface area contributed by atoms with Gasteiger partial charge in [-0.05, 0) is 35.9 Å². The Morgan fingerprint density at radius 2 is 1.85 bits per heavy atom. The number of imide groups is 1. The molecule has 3 amide bonds. The van der Waals surface area contributed by atoms with E-state index in [1.54, 1.807) is 24.3 Å². The lowest BCUT2D eigenvalue weighted by Crippen LogP contribution is -2.27. The summed E-state index contributed by atoms with van der Waals surface area (Å²) in [6, 6.07) is 12.5. The van der Waals surface area contributed by atoms with Crippen LogP contribution in [-0.2, 0) is 21.2 Å². The number of amides is 3. The first-order valence-electron chi connectivity index (χ1n) is 7.91. The van der Waals surface area contributed by atoms with E-state index in [1.165, 1.54) is 29.2 Å². The van der Waals surface area contributed by atoms with Gasteiger partial charge >= 0.3 is 0 Å². The van der Waals surface area contributed by atoms with Gasteiger partial charge in [-0.15, -0.1) is 0 Å². The zero-order chi connectivity index (χ0) is 19.6. The normalized spacial score (nSPS) is 14.5. The number of carbonyl (C=O) groups is 3. The highest BCUT2D eigenvalue weighted by Gasteiger charge is 2.29. The number of sulfone groups is 1. The highest BCUT2D eigenvalue weighted by Crippen LogP contribution is 2.22. The predicted molar refractivity (Wildman–Crippen MR) is 102 cm³/mol. The molecule has 0 aromatic heterocycles. The Balaban J connectivity index is 1.69. The van der Waals surface area contributed by atoms with Gasteiger partial charge < -0.3 is 5.32 Å². The topological polar surface area (TPSA) is 101 Å². The largest absolute Gasteiger partial charge is 0.322 e. The molecule has 0 radical (unpaired) electrons. The van der Waals surface area contributed by atoms with Crippen LogP contribution in [0.15, 0.2) is 53.4 Å². The van der Waals surface area contributed by atoms with E-state index in [1.807, 2.05) is 0 Å². The lowest BCUT2D eigenvalue weighted by atomic mass is 10.1. The SMILES string of the molecule is CS(=O)(=O)c1cccc(C(=O)Nc2ccc(CN3C(=O)CSC3=O)cc2)c1. The quantitative estimate of drug-likeness (QED) is 0.822. The van der Waals surface area contributed by atoms with Crippen molar-refractivity contribution in [2.75, 3.05) is 17.3 Å². The highest BCUT2D eigenvalue weighted by molar-refractivity contribution is 8.14. The number of nitrogens with one attached hydrogen (secondary N) is 1. The number of rotatable bonds is 5. The first-order valence-corrected chi connectivity index (χ1v) is 10.8. The second-order valence-corrected chi connectivity index (χ2v) is 8.93. The smallest absolute Gasteiger partial charge is 0.289 e. The highest BCUT2D eigenvalue weighted by atomic mass is 32.2. The number of thioether (sulfide) groups is 1. The second-order valence-electron chi connectivity index (χ2n) is 5.99. The summed E-state index contributed by atoms with van der Waals surface area (Å²) >= 11 is 0.982. The van der Waals surface area contributed by atoms with Crippen LogP contribution in [0.3, 0.4) is 0 Å². The molecule has 140 valence electrons. The molecular formula is C18H16N2O5S2. The zero-order valence-electron chi connectivity index (χ0n) is 14.3. The zero-order valence-corrected chi connectivity index (χ0v) is 16.0. The second kappa shape index (κ2) is 7.53. The fraction of sp³-hybridized carbons (Fsp3) is 0.167. The van der Waals surface area contributed by atoms with Crippen molar-refractivity contribution in [3.63, 3.8) is 0 Å². The van der Waals surface area contributed by atoms with Crippen LogP contribution in [0.4, 0.5) is 10.5 Å². The number of nitrogens with zero attached hydrogens (tertiary/aromatic N) is 1. The number of hydrogen-bond donors (Lipinski definition) is 1. The van der Waals surface area contributed by atoms with Crippen LogP contribution in [0, 0.1) is 0 Å². The Labute approximate surface area is 160 Å². The molecular weight excluding hydrogens is 388 g/mol. The number of carbonyl (C=O) groups excluding carboxylic acids is 3. The molecule has 1 fully saturated rings. The van der Waals surface area contributed by atoms with Crippen LogP contribution in [0.25, 0.3) is 0 Å². The Bertz CT molecular complexity index is 1000. The van der Waals surface area contributed by atoms with Crippen LogP contribution < -0.4 is 5.32 Å². The summed E-state index contributed by atoms with van der Waals surface area (Å²) in [5.74, 6) is -0.484. The monoisotopic (exact) mass is 404 g/mol. The summed E-state index contributed by atoms with van der Waals surface area (Å²) in [4.78, 5) is 36.9. The van der Waals surface area contributed by atoms with Crippen LogP contribution in [0.2, 0.25) is 0 Å². The minimum absolute atomic E-state index is 0.0725. The van der Waals surface area contributed by atoms with Crippen molar-refractivity contribution in [3.8, 4) is 0 Å². The molecule has 7 nitrogen and oxygen atoms in total. The summed E-state index contributed by atoms with van der Waals surface area (Å²) in [6.45, 7) is 0.190. The van der Waals surface area contributed by atoms with E-state index in [2.05, 4.69) is 5.32 Å². The van der Waals surface area contributed by atoms with Crippen LogP contribution >= 0.6 is 11.8 Å². The molecule has 2 aromatic rings. The molecule has 1 saturated heterocycles. The molecule has 2 aromatic carbocycles. The van der Waals surface area contributed by atoms with Crippen molar-refractivity contribution >= 4 is 44.3 Å². The number of anilines is 1. The molecule has 1 aliphatic rings. The van der Waals surface area contributed by atoms with Crippen molar-refractivity contribution in [3.05, 3.63) is 59.7 Å². The van der Waals surface area contributed by atoms with E-state index in [9.17, 15) is 22.8 Å². The van der Waals surface area contributed by atoms with Crippen molar-refractivity contribution in [2.45, 2.75) is 11.4 Å². The van der Waals surface area contributed by atoms with Gasteiger partial charge in [-0.25, -0.2) is 8.42 Å². The van der Waals surface area contributed by atoms with Crippen molar-refractivity contribution in [1.82, 2.24) is 4.90 Å². The summed E-state index contributed by atoms with van der Waals surface area (Å²) in [5.41, 5.74) is 1.51. The molecule has 3 rings (SSSR count). The molecule has 27 heavy (non-hydrogen) atoms. The average molecular weight is 404 g/mol. The van der Waals surface area contributed by atoms with Gasteiger partial charge in [0.1, 0.15) is 0 Å². The Morgan fingerprint density at radius 3 is 2.44 bits per heavy atom. The van der Waals surface area contributed by atoms with E-state index in [0.29, 0.717) is 5.69 Å². The van der Waals surface area contributed by atoms with Gasteiger partial charge in [0.25, 0.3) is 11.1 Å². The fourth-order valence-corrected chi connectivity index (χ4v) is 3.87. The minimum Gasteiger partial charge on any atom is -0.322 e. The summed E-state index contributed by atoms with van der Waals surface area (Å²) in [6.07, 6.45) is 1.08. The van der Waals surface area contributed by atoms with E-state index in [4.69, 9.17) is 0 Å². The lowest BCUT2D eigenvalue weighted by Gasteiger charge is -2.13. The molecule has 1 aliphatic heterocycles. The third-order valence-corrected chi connectivity index (χ3v) is 5.89.